The monoisotopic (exact) mass is 434 g/mol. The first-order chi connectivity index (χ1) is 14.4. The minimum absolute atomic E-state index is 0.0242. The first-order valence-corrected chi connectivity index (χ1v) is 9.66. The first kappa shape index (κ1) is 23.3. The molecule has 0 saturated heterocycles. The average molecular weight is 434 g/mol. The second-order valence-corrected chi connectivity index (χ2v) is 6.65. The fraction of sp³-hybridized carbons (Fsp3) is 0.286. The van der Waals surface area contributed by atoms with Gasteiger partial charge in [-0.1, -0.05) is 49.9 Å². The van der Waals surface area contributed by atoms with Crippen molar-refractivity contribution in [3.8, 4) is 5.75 Å². The summed E-state index contributed by atoms with van der Waals surface area (Å²) in [5.41, 5.74) is 3.22. The fourth-order valence-electron chi connectivity index (χ4n) is 2.73. The minimum atomic E-state index is -1.54. The lowest BCUT2D eigenvalue weighted by molar-refractivity contribution is -0.132. The van der Waals surface area contributed by atoms with Crippen molar-refractivity contribution in [1.82, 2.24) is 0 Å². The molecule has 2 rings (SSSR count). The minimum Gasteiger partial charge on any atom is -0.464 e. The molecular weight excluding hydrogens is 410 g/mol. The first-order valence-electron chi connectivity index (χ1n) is 8.99. The van der Waals surface area contributed by atoms with Crippen LogP contribution in [0.2, 0.25) is 0 Å². The lowest BCUT2D eigenvalue weighted by atomic mass is 9.99. The number of nitrogens with zero attached hydrogens (tertiary/aromatic N) is 2. The van der Waals surface area contributed by atoms with Gasteiger partial charge in [-0.3, -0.25) is 0 Å². The SMILES string of the molecule is CO/N=C(/C(=O)OC)c1cccc(C)c1CO/N=C(\C)c1ccccc1OC(F)P. The summed E-state index contributed by atoms with van der Waals surface area (Å²) in [5, 5.41) is 7.92. The van der Waals surface area contributed by atoms with Gasteiger partial charge in [-0.05, 0) is 31.5 Å². The number of methoxy groups -OCH3 is 1. The fourth-order valence-corrected chi connectivity index (χ4v) is 2.88. The Labute approximate surface area is 177 Å². The van der Waals surface area contributed by atoms with Crippen LogP contribution in [0.15, 0.2) is 52.8 Å². The molecule has 0 spiro atoms. The van der Waals surface area contributed by atoms with Gasteiger partial charge in [0.05, 0.1) is 12.8 Å². The Bertz CT molecular complexity index is 947. The summed E-state index contributed by atoms with van der Waals surface area (Å²) >= 11 is 0. The van der Waals surface area contributed by atoms with Crippen LogP contribution < -0.4 is 4.74 Å². The molecule has 0 aliphatic rings. The molecule has 0 aliphatic heterocycles. The highest BCUT2D eigenvalue weighted by Gasteiger charge is 2.20. The highest BCUT2D eigenvalue weighted by molar-refractivity contribution is 7.16. The van der Waals surface area contributed by atoms with E-state index in [-0.39, 0.29) is 12.3 Å². The van der Waals surface area contributed by atoms with Crippen LogP contribution in [0.5, 0.6) is 5.75 Å². The average Bonchev–Trinajstić information content (AvgIpc) is 2.72. The van der Waals surface area contributed by atoms with Crippen molar-refractivity contribution < 1.29 is 28.3 Å². The Kier molecular flexibility index (Phi) is 8.74. The smallest absolute Gasteiger partial charge is 0.360 e. The second-order valence-electron chi connectivity index (χ2n) is 6.13. The maximum absolute atomic E-state index is 13.2. The van der Waals surface area contributed by atoms with E-state index in [1.165, 1.54) is 14.2 Å². The molecular formula is C21H24FN2O5P. The molecule has 2 atom stereocenters. The molecule has 2 aromatic rings. The van der Waals surface area contributed by atoms with Gasteiger partial charge in [0.2, 0.25) is 6.10 Å². The number of ether oxygens (including phenoxy) is 2. The van der Waals surface area contributed by atoms with Gasteiger partial charge in [0.1, 0.15) is 19.5 Å². The van der Waals surface area contributed by atoms with E-state index in [4.69, 9.17) is 19.1 Å². The van der Waals surface area contributed by atoms with E-state index >= 15 is 0 Å². The van der Waals surface area contributed by atoms with Gasteiger partial charge in [0.15, 0.2) is 5.71 Å². The Morgan fingerprint density at radius 1 is 1.10 bits per heavy atom. The molecule has 9 heteroatoms. The molecule has 2 aromatic carbocycles. The second kappa shape index (κ2) is 11.3. The number of alkyl halides is 1. The Hall–Kier alpha value is -2.99. The van der Waals surface area contributed by atoms with E-state index in [1.54, 1.807) is 43.3 Å². The molecule has 0 radical (unpaired) electrons. The number of hydrogen-bond donors (Lipinski definition) is 0. The van der Waals surface area contributed by atoms with Crippen molar-refractivity contribution >= 4 is 26.6 Å². The number of oxime groups is 2. The van der Waals surface area contributed by atoms with E-state index in [0.29, 0.717) is 28.2 Å². The van der Waals surface area contributed by atoms with Crippen molar-refractivity contribution in [2.45, 2.75) is 26.6 Å². The highest BCUT2D eigenvalue weighted by Crippen LogP contribution is 2.23. The van der Waals surface area contributed by atoms with Gasteiger partial charge < -0.3 is 19.1 Å². The Morgan fingerprint density at radius 3 is 2.47 bits per heavy atom. The van der Waals surface area contributed by atoms with Crippen LogP contribution in [0.25, 0.3) is 0 Å². The van der Waals surface area contributed by atoms with Crippen LogP contribution in [0, 0.1) is 6.92 Å². The van der Waals surface area contributed by atoms with E-state index in [2.05, 4.69) is 10.3 Å². The van der Waals surface area contributed by atoms with Gasteiger partial charge in [0.25, 0.3) is 0 Å². The zero-order valence-electron chi connectivity index (χ0n) is 17.2. The normalized spacial score (nSPS) is 12.9. The summed E-state index contributed by atoms with van der Waals surface area (Å²) in [6.07, 6.45) is -1.54. The van der Waals surface area contributed by atoms with Gasteiger partial charge in [-0.15, -0.1) is 0 Å². The van der Waals surface area contributed by atoms with E-state index in [9.17, 15) is 9.18 Å². The number of benzene rings is 2. The lowest BCUT2D eigenvalue weighted by Gasteiger charge is -2.13. The van der Waals surface area contributed by atoms with Crippen LogP contribution in [0.1, 0.15) is 29.2 Å². The predicted octanol–water partition coefficient (Wildman–Crippen LogP) is 3.97. The van der Waals surface area contributed by atoms with Crippen LogP contribution in [0.3, 0.4) is 0 Å². The van der Waals surface area contributed by atoms with Crippen LogP contribution in [-0.2, 0) is 25.8 Å². The van der Waals surface area contributed by atoms with E-state index in [1.807, 2.05) is 22.2 Å². The van der Waals surface area contributed by atoms with Gasteiger partial charge in [0, 0.05) is 16.7 Å². The number of rotatable bonds is 9. The molecule has 0 fully saturated rings. The molecule has 160 valence electrons. The molecule has 0 aromatic heterocycles. The third-order valence-corrected chi connectivity index (χ3v) is 4.29. The summed E-state index contributed by atoms with van der Waals surface area (Å²) in [5.74, 6) is -0.283. The third kappa shape index (κ3) is 6.00. The van der Waals surface area contributed by atoms with E-state index < -0.39 is 12.1 Å². The third-order valence-electron chi connectivity index (χ3n) is 4.15. The maximum Gasteiger partial charge on any atom is 0.360 e. The van der Waals surface area contributed by atoms with Crippen LogP contribution in [0.4, 0.5) is 4.39 Å². The number of para-hydroxylation sites is 1. The van der Waals surface area contributed by atoms with Crippen molar-refractivity contribution in [1.29, 1.82) is 0 Å². The number of hydrogen-bond acceptors (Lipinski definition) is 7. The molecule has 0 aliphatic carbocycles. The molecule has 0 bridgehead atoms. The maximum atomic E-state index is 13.2. The predicted molar refractivity (Wildman–Crippen MR) is 115 cm³/mol. The molecule has 0 heterocycles. The molecule has 0 saturated carbocycles. The van der Waals surface area contributed by atoms with Crippen LogP contribution in [-0.4, -0.2) is 37.7 Å². The number of halogens is 1. The largest absolute Gasteiger partial charge is 0.464 e. The van der Waals surface area contributed by atoms with Crippen molar-refractivity contribution in [3.05, 3.63) is 64.7 Å². The van der Waals surface area contributed by atoms with Gasteiger partial charge in [-0.25, -0.2) is 4.79 Å². The molecule has 7 nitrogen and oxygen atoms in total. The zero-order valence-corrected chi connectivity index (χ0v) is 18.4. The Balaban J connectivity index is 2.29. The highest BCUT2D eigenvalue weighted by atomic mass is 31.0. The molecule has 2 unspecified atom stereocenters. The van der Waals surface area contributed by atoms with Gasteiger partial charge >= 0.3 is 5.97 Å². The number of carbonyl (C=O) groups is 1. The summed E-state index contributed by atoms with van der Waals surface area (Å²) < 4.78 is 23.2. The topological polar surface area (TPSA) is 78.7 Å². The molecule has 0 amide bonds. The van der Waals surface area contributed by atoms with Crippen LogP contribution >= 0.6 is 9.24 Å². The zero-order chi connectivity index (χ0) is 22.1. The Morgan fingerprint density at radius 2 is 1.80 bits per heavy atom. The van der Waals surface area contributed by atoms with Crippen molar-refractivity contribution in [2.24, 2.45) is 10.3 Å². The van der Waals surface area contributed by atoms with Crippen molar-refractivity contribution in [2.75, 3.05) is 14.2 Å². The quantitative estimate of drug-likeness (QED) is 0.258. The lowest BCUT2D eigenvalue weighted by Crippen LogP contribution is -2.20. The number of carbonyl (C=O) groups excluding carboxylic acids is 1. The molecule has 0 N–H and O–H groups in total. The summed E-state index contributed by atoms with van der Waals surface area (Å²) in [7, 11) is 4.55. The standard InChI is InChI=1S/C21H24FN2O5P/c1-13-8-7-10-16(19(24-27-4)20(25)26-3)17(13)12-28-23-14(2)15-9-5-6-11-18(15)29-21(22)30/h5-11,21H,12,30H2,1-4H3/b23-14+,24-19+. The summed E-state index contributed by atoms with van der Waals surface area (Å²) in [4.78, 5) is 22.4. The van der Waals surface area contributed by atoms with Crippen molar-refractivity contribution in [3.63, 3.8) is 0 Å². The number of esters is 1. The van der Waals surface area contributed by atoms with E-state index in [0.717, 1.165) is 5.56 Å². The number of aryl methyl sites for hydroxylation is 1. The van der Waals surface area contributed by atoms with Gasteiger partial charge in [-0.2, -0.15) is 4.39 Å². The molecule has 30 heavy (non-hydrogen) atoms. The summed E-state index contributed by atoms with van der Waals surface area (Å²) in [6.45, 7) is 3.67. The summed E-state index contributed by atoms with van der Waals surface area (Å²) in [6, 6.07) is 12.3.